The van der Waals surface area contributed by atoms with Gasteiger partial charge in [-0.25, -0.2) is 13.2 Å². The highest BCUT2D eigenvalue weighted by molar-refractivity contribution is 7.93. The number of aromatic carboxylic acids is 1. The molecule has 0 aromatic heterocycles. The molecule has 0 aliphatic carbocycles. The molecular formula is C16H21NO6S. The van der Waals surface area contributed by atoms with Crippen molar-refractivity contribution >= 4 is 27.4 Å². The fourth-order valence-electron chi connectivity index (χ4n) is 2.62. The van der Waals surface area contributed by atoms with Crippen LogP contribution >= 0.6 is 0 Å². The van der Waals surface area contributed by atoms with Crippen molar-refractivity contribution in [3.8, 4) is 0 Å². The lowest BCUT2D eigenvalue weighted by molar-refractivity contribution is -0.115. The summed E-state index contributed by atoms with van der Waals surface area (Å²) in [6, 6.07) is 4.44. The molecule has 1 aromatic rings. The summed E-state index contributed by atoms with van der Waals surface area (Å²) in [5.41, 5.74) is 0.883. The number of carboxylic acids is 1. The fraction of sp³-hybridized carbons (Fsp3) is 0.500. The van der Waals surface area contributed by atoms with Gasteiger partial charge in [0.2, 0.25) is 5.91 Å². The Balaban J connectivity index is 2.14. The predicted octanol–water partition coefficient (Wildman–Crippen LogP) is 1.61. The number of nitrogens with one attached hydrogen (secondary N) is 1. The lowest BCUT2D eigenvalue weighted by Gasteiger charge is -2.25. The maximum absolute atomic E-state index is 12.5. The summed E-state index contributed by atoms with van der Waals surface area (Å²) in [4.78, 5) is 23.4. The molecular weight excluding hydrogens is 334 g/mol. The molecule has 0 bridgehead atoms. The van der Waals surface area contributed by atoms with Gasteiger partial charge in [-0.1, -0.05) is 6.07 Å². The van der Waals surface area contributed by atoms with Crippen molar-refractivity contribution in [2.75, 3.05) is 18.5 Å². The van der Waals surface area contributed by atoms with Crippen molar-refractivity contribution in [2.45, 2.75) is 37.2 Å². The van der Waals surface area contributed by atoms with Crippen LogP contribution in [0, 0.1) is 6.92 Å². The minimum atomic E-state index is -3.62. The lowest BCUT2D eigenvalue weighted by atomic mass is 10.1. The Bertz CT molecular complexity index is 737. The molecule has 1 saturated heterocycles. The summed E-state index contributed by atoms with van der Waals surface area (Å²) < 4.78 is 30.2. The van der Waals surface area contributed by atoms with Crippen molar-refractivity contribution in [3.05, 3.63) is 29.3 Å². The Labute approximate surface area is 140 Å². The molecule has 1 amide bonds. The van der Waals surface area contributed by atoms with Crippen LogP contribution in [0.4, 0.5) is 5.69 Å². The van der Waals surface area contributed by atoms with Crippen molar-refractivity contribution in [3.63, 3.8) is 0 Å². The van der Waals surface area contributed by atoms with Gasteiger partial charge in [0, 0.05) is 18.9 Å². The fourth-order valence-corrected chi connectivity index (χ4v) is 4.40. The summed E-state index contributed by atoms with van der Waals surface area (Å²) in [6.45, 7) is 3.75. The Hall–Kier alpha value is -1.93. The maximum atomic E-state index is 12.5. The van der Waals surface area contributed by atoms with Gasteiger partial charge in [-0.2, -0.15) is 0 Å². The quantitative estimate of drug-likeness (QED) is 0.830. The van der Waals surface area contributed by atoms with E-state index in [0.717, 1.165) is 0 Å². The van der Waals surface area contributed by atoms with Gasteiger partial charge in [-0.3, -0.25) is 4.79 Å². The van der Waals surface area contributed by atoms with Crippen molar-refractivity contribution < 1.29 is 27.9 Å². The number of ether oxygens (including phenoxy) is 1. The zero-order valence-corrected chi connectivity index (χ0v) is 14.4. The standard InChI is InChI=1S/C16H21NO6S/c1-10-3-4-12(9-14(10)16(19)20)17-15(18)11(2)24(21,22)13-5-7-23-8-6-13/h3-4,9,11,13H,5-8H2,1-2H3,(H,17,18)(H,19,20). The predicted molar refractivity (Wildman–Crippen MR) is 89.0 cm³/mol. The van der Waals surface area contributed by atoms with Crippen LogP contribution in [0.3, 0.4) is 0 Å². The van der Waals surface area contributed by atoms with E-state index in [1.165, 1.54) is 13.0 Å². The molecule has 132 valence electrons. The van der Waals surface area contributed by atoms with E-state index < -0.39 is 32.2 Å². The summed E-state index contributed by atoms with van der Waals surface area (Å²) in [6.07, 6.45) is 0.765. The summed E-state index contributed by atoms with van der Waals surface area (Å²) in [5, 5.41) is 9.81. The third-order valence-electron chi connectivity index (χ3n) is 4.23. The van der Waals surface area contributed by atoms with Crippen molar-refractivity contribution in [1.82, 2.24) is 0 Å². The monoisotopic (exact) mass is 355 g/mol. The zero-order valence-electron chi connectivity index (χ0n) is 13.6. The number of hydrogen-bond acceptors (Lipinski definition) is 5. The van der Waals surface area contributed by atoms with E-state index in [2.05, 4.69) is 5.32 Å². The average molecular weight is 355 g/mol. The number of aryl methyl sites for hydroxylation is 1. The third kappa shape index (κ3) is 3.93. The first-order valence-corrected chi connectivity index (χ1v) is 9.29. The molecule has 1 aliphatic heterocycles. The Morgan fingerprint density at radius 2 is 1.92 bits per heavy atom. The molecule has 1 aromatic carbocycles. The highest BCUT2D eigenvalue weighted by atomic mass is 32.2. The molecule has 7 nitrogen and oxygen atoms in total. The number of amides is 1. The van der Waals surface area contributed by atoms with Crippen LogP contribution in [-0.4, -0.2) is 49.1 Å². The van der Waals surface area contributed by atoms with E-state index >= 15 is 0 Å². The number of hydrogen-bond donors (Lipinski definition) is 2. The topological polar surface area (TPSA) is 110 Å². The first-order chi connectivity index (χ1) is 11.2. The second-order valence-electron chi connectivity index (χ2n) is 5.87. The van der Waals surface area contributed by atoms with Crippen LogP contribution in [-0.2, 0) is 19.4 Å². The number of benzene rings is 1. The Kier molecular flexibility index (Phi) is 5.61. The maximum Gasteiger partial charge on any atom is 0.336 e. The van der Waals surface area contributed by atoms with E-state index in [0.29, 0.717) is 31.6 Å². The highest BCUT2D eigenvalue weighted by Crippen LogP contribution is 2.22. The molecule has 2 rings (SSSR count). The molecule has 0 spiro atoms. The second-order valence-corrected chi connectivity index (χ2v) is 8.42. The van der Waals surface area contributed by atoms with Crippen LogP contribution in [0.15, 0.2) is 18.2 Å². The van der Waals surface area contributed by atoms with Gasteiger partial charge in [-0.05, 0) is 44.4 Å². The van der Waals surface area contributed by atoms with Gasteiger partial charge in [0.25, 0.3) is 0 Å². The van der Waals surface area contributed by atoms with Crippen LogP contribution in [0.2, 0.25) is 0 Å². The van der Waals surface area contributed by atoms with Gasteiger partial charge < -0.3 is 15.2 Å². The first-order valence-electron chi connectivity index (χ1n) is 7.68. The normalized spacial score (nSPS) is 17.2. The molecule has 1 heterocycles. The second kappa shape index (κ2) is 7.31. The van der Waals surface area contributed by atoms with Gasteiger partial charge in [0.05, 0.1) is 10.8 Å². The largest absolute Gasteiger partial charge is 0.478 e. The Morgan fingerprint density at radius 1 is 1.29 bits per heavy atom. The summed E-state index contributed by atoms with van der Waals surface area (Å²) in [7, 11) is -3.62. The number of anilines is 1. The van der Waals surface area contributed by atoms with Crippen LogP contribution in [0.25, 0.3) is 0 Å². The van der Waals surface area contributed by atoms with Crippen molar-refractivity contribution in [1.29, 1.82) is 0 Å². The molecule has 1 aliphatic rings. The minimum Gasteiger partial charge on any atom is -0.478 e. The minimum absolute atomic E-state index is 0.0627. The molecule has 0 saturated carbocycles. The number of carbonyl (C=O) groups excluding carboxylic acids is 1. The Morgan fingerprint density at radius 3 is 2.50 bits per heavy atom. The average Bonchev–Trinajstić information content (AvgIpc) is 2.56. The molecule has 1 fully saturated rings. The molecule has 8 heteroatoms. The molecule has 2 N–H and O–H groups in total. The van der Waals surface area contributed by atoms with E-state index in [1.54, 1.807) is 19.1 Å². The van der Waals surface area contributed by atoms with Gasteiger partial charge >= 0.3 is 5.97 Å². The third-order valence-corrected chi connectivity index (χ3v) is 6.83. The smallest absolute Gasteiger partial charge is 0.336 e. The SMILES string of the molecule is Cc1ccc(NC(=O)C(C)S(=O)(=O)C2CCOCC2)cc1C(=O)O. The summed E-state index contributed by atoms with van der Waals surface area (Å²) >= 11 is 0. The van der Waals surface area contributed by atoms with Crippen LogP contribution in [0.1, 0.15) is 35.7 Å². The van der Waals surface area contributed by atoms with Crippen molar-refractivity contribution in [2.24, 2.45) is 0 Å². The zero-order chi connectivity index (χ0) is 17.9. The van der Waals surface area contributed by atoms with E-state index in [-0.39, 0.29) is 11.3 Å². The first kappa shape index (κ1) is 18.4. The molecule has 24 heavy (non-hydrogen) atoms. The highest BCUT2D eigenvalue weighted by Gasteiger charge is 2.36. The van der Waals surface area contributed by atoms with Crippen LogP contribution in [0.5, 0.6) is 0 Å². The summed E-state index contributed by atoms with van der Waals surface area (Å²) in [5.74, 6) is -1.77. The molecule has 0 radical (unpaired) electrons. The molecule has 1 atom stereocenters. The van der Waals surface area contributed by atoms with Crippen LogP contribution < -0.4 is 5.32 Å². The number of carboxylic acid groups (broad SMARTS) is 1. The van der Waals surface area contributed by atoms with E-state index in [1.807, 2.05) is 0 Å². The van der Waals surface area contributed by atoms with Gasteiger partial charge in [0.15, 0.2) is 9.84 Å². The number of sulfone groups is 1. The number of rotatable bonds is 5. The van der Waals surface area contributed by atoms with Gasteiger partial charge in [0.1, 0.15) is 5.25 Å². The van der Waals surface area contributed by atoms with Gasteiger partial charge in [-0.15, -0.1) is 0 Å². The number of carbonyl (C=O) groups is 2. The molecule has 1 unspecified atom stereocenters. The van der Waals surface area contributed by atoms with E-state index in [9.17, 15) is 18.0 Å². The van der Waals surface area contributed by atoms with E-state index in [4.69, 9.17) is 9.84 Å². The lowest BCUT2D eigenvalue weighted by Crippen LogP contribution is -2.41.